The van der Waals surface area contributed by atoms with E-state index in [4.69, 9.17) is 27.9 Å². The molecule has 0 fully saturated rings. The monoisotopic (exact) mass is 435 g/mol. The van der Waals surface area contributed by atoms with E-state index in [0.29, 0.717) is 37.9 Å². The average Bonchev–Trinajstić information content (AvgIpc) is 3.11. The van der Waals surface area contributed by atoms with Crippen LogP contribution >= 0.6 is 34.5 Å². The molecule has 6 nitrogen and oxygen atoms in total. The number of nitrogens with zero attached hydrogens (tertiary/aromatic N) is 1. The van der Waals surface area contributed by atoms with E-state index >= 15 is 0 Å². The molecule has 1 heterocycles. The lowest BCUT2D eigenvalue weighted by Crippen LogP contribution is -2.15. The minimum atomic E-state index is -0.288. The maximum absolute atomic E-state index is 12.3. The molecule has 0 aliphatic heterocycles. The molecule has 0 saturated carbocycles. The summed E-state index contributed by atoms with van der Waals surface area (Å²) in [6, 6.07) is 11.6. The molecule has 0 unspecified atom stereocenters. The quantitative estimate of drug-likeness (QED) is 0.577. The van der Waals surface area contributed by atoms with Crippen molar-refractivity contribution < 1.29 is 14.3 Å². The van der Waals surface area contributed by atoms with Crippen LogP contribution in [0.3, 0.4) is 0 Å². The maximum atomic E-state index is 12.3. The Balaban J connectivity index is 1.57. The van der Waals surface area contributed by atoms with E-state index in [-0.39, 0.29) is 18.2 Å². The number of rotatable bonds is 6. The van der Waals surface area contributed by atoms with Crippen LogP contribution in [-0.2, 0) is 11.2 Å². The van der Waals surface area contributed by atoms with Crippen LogP contribution in [0.15, 0.2) is 47.8 Å². The number of halogens is 2. The van der Waals surface area contributed by atoms with Crippen LogP contribution in [0.1, 0.15) is 16.1 Å². The number of aromatic nitrogens is 1. The first-order chi connectivity index (χ1) is 13.4. The lowest BCUT2D eigenvalue weighted by Gasteiger charge is -2.05. The van der Waals surface area contributed by atoms with Gasteiger partial charge in [0.15, 0.2) is 5.13 Å². The van der Waals surface area contributed by atoms with Gasteiger partial charge in [-0.05, 0) is 42.5 Å². The fourth-order valence-corrected chi connectivity index (χ4v) is 3.30. The smallest absolute Gasteiger partial charge is 0.257 e. The molecular weight excluding hydrogens is 421 g/mol. The van der Waals surface area contributed by atoms with Crippen molar-refractivity contribution >= 4 is 57.2 Å². The largest absolute Gasteiger partial charge is 0.497 e. The number of anilines is 2. The van der Waals surface area contributed by atoms with Crippen molar-refractivity contribution in [3.05, 3.63) is 69.1 Å². The second-order valence-corrected chi connectivity index (χ2v) is 7.35. The fraction of sp³-hybridized carbons (Fsp3) is 0.105. The number of thiazole rings is 1. The van der Waals surface area contributed by atoms with Gasteiger partial charge in [0.2, 0.25) is 5.91 Å². The van der Waals surface area contributed by atoms with Crippen molar-refractivity contribution in [2.75, 3.05) is 17.7 Å². The summed E-state index contributed by atoms with van der Waals surface area (Å²) in [7, 11) is 1.56. The van der Waals surface area contributed by atoms with Gasteiger partial charge in [0, 0.05) is 16.6 Å². The van der Waals surface area contributed by atoms with Gasteiger partial charge in [-0.1, -0.05) is 23.2 Å². The topological polar surface area (TPSA) is 80.3 Å². The molecule has 3 aromatic rings. The van der Waals surface area contributed by atoms with Crippen molar-refractivity contribution in [3.63, 3.8) is 0 Å². The number of hydrogen-bond acceptors (Lipinski definition) is 5. The van der Waals surface area contributed by atoms with Crippen LogP contribution in [0.2, 0.25) is 10.0 Å². The van der Waals surface area contributed by atoms with Gasteiger partial charge >= 0.3 is 0 Å². The van der Waals surface area contributed by atoms with Gasteiger partial charge in [-0.3, -0.25) is 14.9 Å². The highest BCUT2D eigenvalue weighted by Gasteiger charge is 2.12. The maximum Gasteiger partial charge on any atom is 0.257 e. The zero-order valence-electron chi connectivity index (χ0n) is 14.7. The standard InChI is InChI=1S/C19H15Cl2N3O3S/c1-27-14-5-2-11(3-6-14)18(26)24-19-23-13(10-28-19)9-17(25)22-12-4-7-15(20)16(21)8-12/h2-8,10H,9H2,1H3,(H,22,25)(H,23,24,26). The molecule has 1 aromatic heterocycles. The summed E-state index contributed by atoms with van der Waals surface area (Å²) in [5.41, 5.74) is 1.57. The predicted octanol–water partition coefficient (Wildman–Crippen LogP) is 4.89. The van der Waals surface area contributed by atoms with Crippen LogP contribution in [-0.4, -0.2) is 23.9 Å². The first-order valence-corrected chi connectivity index (χ1v) is 9.73. The van der Waals surface area contributed by atoms with E-state index in [1.165, 1.54) is 11.3 Å². The summed E-state index contributed by atoms with van der Waals surface area (Å²) in [5.74, 6) is 0.126. The summed E-state index contributed by atoms with van der Waals surface area (Å²) in [4.78, 5) is 28.7. The van der Waals surface area contributed by atoms with Gasteiger partial charge in [0.1, 0.15) is 5.75 Å². The first kappa shape index (κ1) is 20.1. The third-order valence-corrected chi connectivity index (χ3v) is 5.22. The molecule has 3 rings (SSSR count). The summed E-state index contributed by atoms with van der Waals surface area (Å²) < 4.78 is 5.07. The SMILES string of the molecule is COc1ccc(C(=O)Nc2nc(CC(=O)Nc3ccc(Cl)c(Cl)c3)cs2)cc1. The number of hydrogen-bond donors (Lipinski definition) is 2. The summed E-state index contributed by atoms with van der Waals surface area (Å²) in [5, 5.41) is 8.35. The number of amides is 2. The molecule has 0 saturated heterocycles. The Kier molecular flexibility index (Phi) is 6.51. The molecular formula is C19H15Cl2N3O3S. The highest BCUT2D eigenvalue weighted by molar-refractivity contribution is 7.14. The van der Waals surface area contributed by atoms with E-state index in [0.717, 1.165) is 0 Å². The summed E-state index contributed by atoms with van der Waals surface area (Å²) in [6.07, 6.45) is 0.0646. The molecule has 0 aliphatic carbocycles. The number of nitrogens with one attached hydrogen (secondary N) is 2. The third-order valence-electron chi connectivity index (χ3n) is 3.67. The Morgan fingerprint density at radius 2 is 1.82 bits per heavy atom. The lowest BCUT2D eigenvalue weighted by atomic mass is 10.2. The third kappa shape index (κ3) is 5.22. The van der Waals surface area contributed by atoms with Gasteiger partial charge in [-0.2, -0.15) is 0 Å². The van der Waals surface area contributed by atoms with Gasteiger partial charge < -0.3 is 10.1 Å². The Bertz CT molecular complexity index is 1010. The minimum Gasteiger partial charge on any atom is -0.497 e. The summed E-state index contributed by atoms with van der Waals surface area (Å²) in [6.45, 7) is 0. The zero-order chi connectivity index (χ0) is 20.1. The van der Waals surface area contributed by atoms with Gasteiger partial charge in [0.05, 0.1) is 29.3 Å². The molecule has 9 heteroatoms. The number of carbonyl (C=O) groups excluding carboxylic acids is 2. The fourth-order valence-electron chi connectivity index (χ4n) is 2.30. The van der Waals surface area contributed by atoms with Crippen LogP contribution in [0.5, 0.6) is 5.75 Å². The van der Waals surface area contributed by atoms with E-state index in [1.807, 2.05) is 0 Å². The van der Waals surface area contributed by atoms with Crippen LogP contribution in [0.25, 0.3) is 0 Å². The van der Waals surface area contributed by atoms with Crippen molar-refractivity contribution in [2.24, 2.45) is 0 Å². The molecule has 2 N–H and O–H groups in total. The molecule has 0 atom stereocenters. The molecule has 0 radical (unpaired) electrons. The first-order valence-electron chi connectivity index (χ1n) is 8.09. The second kappa shape index (κ2) is 9.05. The van der Waals surface area contributed by atoms with Crippen molar-refractivity contribution in [2.45, 2.75) is 6.42 Å². The van der Waals surface area contributed by atoms with E-state index in [2.05, 4.69) is 15.6 Å². The van der Waals surface area contributed by atoms with Crippen molar-refractivity contribution in [3.8, 4) is 5.75 Å². The Hall–Kier alpha value is -2.61. The molecule has 0 spiro atoms. The molecule has 2 amide bonds. The number of carbonyl (C=O) groups is 2. The van der Waals surface area contributed by atoms with Crippen LogP contribution < -0.4 is 15.4 Å². The Morgan fingerprint density at radius 3 is 2.50 bits per heavy atom. The number of ether oxygens (including phenoxy) is 1. The number of benzene rings is 2. The Labute approximate surface area is 175 Å². The molecule has 0 aliphatic rings. The number of methoxy groups -OCH3 is 1. The highest BCUT2D eigenvalue weighted by Crippen LogP contribution is 2.25. The van der Waals surface area contributed by atoms with Gasteiger partial charge in [-0.25, -0.2) is 4.98 Å². The minimum absolute atomic E-state index is 0.0646. The van der Waals surface area contributed by atoms with E-state index < -0.39 is 0 Å². The van der Waals surface area contributed by atoms with Gasteiger partial charge in [-0.15, -0.1) is 11.3 Å². The van der Waals surface area contributed by atoms with E-state index in [1.54, 1.807) is 55.0 Å². The lowest BCUT2D eigenvalue weighted by molar-refractivity contribution is -0.115. The molecule has 2 aromatic carbocycles. The van der Waals surface area contributed by atoms with Crippen LogP contribution in [0.4, 0.5) is 10.8 Å². The van der Waals surface area contributed by atoms with E-state index in [9.17, 15) is 9.59 Å². The normalized spacial score (nSPS) is 10.4. The molecule has 28 heavy (non-hydrogen) atoms. The van der Waals surface area contributed by atoms with Gasteiger partial charge in [0.25, 0.3) is 5.91 Å². The second-order valence-electron chi connectivity index (χ2n) is 5.68. The molecule has 0 bridgehead atoms. The highest BCUT2D eigenvalue weighted by atomic mass is 35.5. The predicted molar refractivity (Wildman–Crippen MR) is 112 cm³/mol. The molecule has 144 valence electrons. The van der Waals surface area contributed by atoms with Crippen LogP contribution in [0, 0.1) is 0 Å². The zero-order valence-corrected chi connectivity index (χ0v) is 17.0. The average molecular weight is 436 g/mol. The Morgan fingerprint density at radius 1 is 1.07 bits per heavy atom. The van der Waals surface area contributed by atoms with Crippen molar-refractivity contribution in [1.82, 2.24) is 4.98 Å². The summed E-state index contributed by atoms with van der Waals surface area (Å²) >= 11 is 13.0. The van der Waals surface area contributed by atoms with Crippen molar-refractivity contribution in [1.29, 1.82) is 0 Å².